The van der Waals surface area contributed by atoms with E-state index >= 15 is 0 Å². The van der Waals surface area contributed by atoms with Crippen LogP contribution in [-0.4, -0.2) is 11.1 Å². The minimum Gasteiger partial charge on any atom is -0.478 e. The fourth-order valence-electron chi connectivity index (χ4n) is 3.52. The molecular weight excluding hydrogens is 344 g/mol. The second-order valence-corrected chi connectivity index (χ2v) is 6.81. The highest BCUT2D eigenvalue weighted by molar-refractivity contribution is 5.89. The van der Waals surface area contributed by atoms with Crippen LogP contribution in [0, 0.1) is 6.92 Å². The van der Waals surface area contributed by atoms with Gasteiger partial charge in [0.1, 0.15) is 0 Å². The normalized spacial score (nSPS) is 10.6. The second kappa shape index (κ2) is 7.53. The topological polar surface area (TPSA) is 37.3 Å². The molecule has 0 bridgehead atoms. The van der Waals surface area contributed by atoms with Crippen LogP contribution in [0.3, 0.4) is 0 Å². The average molecular weight is 364 g/mol. The summed E-state index contributed by atoms with van der Waals surface area (Å²) < 4.78 is 0. The van der Waals surface area contributed by atoms with Crippen molar-refractivity contribution in [1.82, 2.24) is 0 Å². The van der Waals surface area contributed by atoms with Crippen LogP contribution in [-0.2, 0) is 0 Å². The molecule has 0 aliphatic rings. The van der Waals surface area contributed by atoms with Gasteiger partial charge < -0.3 is 5.11 Å². The lowest BCUT2D eigenvalue weighted by Gasteiger charge is -2.16. The van der Waals surface area contributed by atoms with Crippen molar-refractivity contribution >= 4 is 5.97 Å². The van der Waals surface area contributed by atoms with Crippen LogP contribution in [0.1, 0.15) is 15.9 Å². The van der Waals surface area contributed by atoms with Gasteiger partial charge in [-0.2, -0.15) is 0 Å². The Morgan fingerprint density at radius 1 is 0.607 bits per heavy atom. The highest BCUT2D eigenvalue weighted by Gasteiger charge is 2.12. The van der Waals surface area contributed by atoms with Gasteiger partial charge in [-0.15, -0.1) is 0 Å². The van der Waals surface area contributed by atoms with E-state index < -0.39 is 5.97 Å². The van der Waals surface area contributed by atoms with Crippen LogP contribution >= 0.6 is 0 Å². The molecule has 0 spiro atoms. The molecule has 4 aromatic carbocycles. The van der Waals surface area contributed by atoms with Crippen molar-refractivity contribution in [1.29, 1.82) is 0 Å². The number of carboxylic acid groups (broad SMARTS) is 1. The summed E-state index contributed by atoms with van der Waals surface area (Å²) in [5.41, 5.74) is 8.28. The third kappa shape index (κ3) is 3.45. The van der Waals surface area contributed by atoms with E-state index in [0.29, 0.717) is 5.56 Å². The monoisotopic (exact) mass is 364 g/mol. The number of carboxylic acids is 1. The number of hydrogen-bond acceptors (Lipinski definition) is 1. The summed E-state index contributed by atoms with van der Waals surface area (Å²) in [7, 11) is 0. The third-order valence-corrected chi connectivity index (χ3v) is 5.04. The molecule has 2 heteroatoms. The van der Waals surface area contributed by atoms with Crippen molar-refractivity contribution in [3.63, 3.8) is 0 Å². The molecule has 2 nitrogen and oxygen atoms in total. The standard InChI is InChI=1S/C26H20O2/c1-18-24(20-8-4-2-5-9-20)16-23(17-25(18)21-10-6-3-7-11-21)19-12-14-22(15-13-19)26(27)28/h2-17H,1H3,(H,27,28). The maximum Gasteiger partial charge on any atom is 0.335 e. The van der Waals surface area contributed by atoms with Crippen molar-refractivity contribution in [2.75, 3.05) is 0 Å². The molecular formula is C26H20O2. The van der Waals surface area contributed by atoms with Gasteiger partial charge in [0.05, 0.1) is 5.56 Å². The van der Waals surface area contributed by atoms with E-state index in [0.717, 1.165) is 11.1 Å². The molecule has 0 radical (unpaired) electrons. The van der Waals surface area contributed by atoms with Gasteiger partial charge in [-0.1, -0.05) is 72.8 Å². The van der Waals surface area contributed by atoms with Gasteiger partial charge in [-0.25, -0.2) is 4.79 Å². The van der Waals surface area contributed by atoms with E-state index in [9.17, 15) is 4.79 Å². The minimum absolute atomic E-state index is 0.294. The Morgan fingerprint density at radius 3 is 1.50 bits per heavy atom. The van der Waals surface area contributed by atoms with Gasteiger partial charge in [-0.3, -0.25) is 0 Å². The first kappa shape index (κ1) is 17.7. The molecule has 0 aromatic heterocycles. The maximum atomic E-state index is 11.2. The van der Waals surface area contributed by atoms with Crippen LogP contribution in [0.4, 0.5) is 0 Å². The molecule has 0 fully saturated rings. The van der Waals surface area contributed by atoms with Gasteiger partial charge in [0, 0.05) is 0 Å². The first-order chi connectivity index (χ1) is 13.6. The SMILES string of the molecule is Cc1c(-c2ccccc2)cc(-c2ccc(C(=O)O)cc2)cc1-c1ccccc1. The molecule has 0 saturated carbocycles. The summed E-state index contributed by atoms with van der Waals surface area (Å²) in [6.07, 6.45) is 0. The predicted octanol–water partition coefficient (Wildman–Crippen LogP) is 6.69. The summed E-state index contributed by atoms with van der Waals surface area (Å²) >= 11 is 0. The first-order valence-corrected chi connectivity index (χ1v) is 9.23. The predicted molar refractivity (Wildman–Crippen MR) is 114 cm³/mol. The molecule has 0 saturated heterocycles. The summed E-state index contributed by atoms with van der Waals surface area (Å²) in [5.74, 6) is -0.912. The Balaban J connectivity index is 1.92. The summed E-state index contributed by atoms with van der Waals surface area (Å²) in [6, 6.07) is 32.1. The second-order valence-electron chi connectivity index (χ2n) is 6.81. The molecule has 1 N–H and O–H groups in total. The zero-order valence-electron chi connectivity index (χ0n) is 15.6. The molecule has 136 valence electrons. The van der Waals surface area contributed by atoms with Crippen molar-refractivity contribution in [2.45, 2.75) is 6.92 Å². The summed E-state index contributed by atoms with van der Waals surface area (Å²) in [4.78, 5) is 11.2. The fourth-order valence-corrected chi connectivity index (χ4v) is 3.52. The van der Waals surface area contributed by atoms with Crippen molar-refractivity contribution in [3.8, 4) is 33.4 Å². The Kier molecular flexibility index (Phi) is 4.77. The lowest BCUT2D eigenvalue weighted by Crippen LogP contribution is -1.95. The Morgan fingerprint density at radius 2 is 1.07 bits per heavy atom. The van der Waals surface area contributed by atoms with Crippen molar-refractivity contribution in [3.05, 3.63) is 108 Å². The van der Waals surface area contributed by atoms with Gasteiger partial charge >= 0.3 is 5.97 Å². The highest BCUT2D eigenvalue weighted by Crippen LogP contribution is 2.36. The van der Waals surface area contributed by atoms with Gasteiger partial charge in [0.2, 0.25) is 0 Å². The Hall–Kier alpha value is -3.65. The third-order valence-electron chi connectivity index (χ3n) is 5.04. The number of carbonyl (C=O) groups is 1. The van der Waals surface area contributed by atoms with E-state index in [1.807, 2.05) is 48.5 Å². The molecule has 28 heavy (non-hydrogen) atoms. The summed E-state index contributed by atoms with van der Waals surface area (Å²) in [6.45, 7) is 2.15. The van der Waals surface area contributed by atoms with Crippen LogP contribution in [0.15, 0.2) is 97.1 Å². The van der Waals surface area contributed by atoms with Gasteiger partial charge in [-0.05, 0) is 70.1 Å². The first-order valence-electron chi connectivity index (χ1n) is 9.23. The largest absolute Gasteiger partial charge is 0.478 e. The lowest BCUT2D eigenvalue weighted by molar-refractivity contribution is 0.0697. The fraction of sp³-hybridized carbons (Fsp3) is 0.0385. The van der Waals surface area contributed by atoms with E-state index in [-0.39, 0.29) is 0 Å². The number of benzene rings is 4. The number of hydrogen-bond donors (Lipinski definition) is 1. The molecule has 0 heterocycles. The van der Waals surface area contributed by atoms with Crippen LogP contribution in [0.2, 0.25) is 0 Å². The molecule has 0 amide bonds. The van der Waals surface area contributed by atoms with Crippen molar-refractivity contribution in [2.24, 2.45) is 0 Å². The van der Waals surface area contributed by atoms with Gasteiger partial charge in [0.25, 0.3) is 0 Å². The smallest absolute Gasteiger partial charge is 0.335 e. The molecule has 4 rings (SSSR count). The van der Waals surface area contributed by atoms with Gasteiger partial charge in [0.15, 0.2) is 0 Å². The molecule has 0 unspecified atom stereocenters. The Labute approximate surface area is 164 Å². The molecule has 0 aliphatic carbocycles. The van der Waals surface area contributed by atoms with E-state index in [2.05, 4.69) is 43.3 Å². The quantitative estimate of drug-likeness (QED) is 0.438. The molecule has 0 aliphatic heterocycles. The summed E-state index contributed by atoms with van der Waals surface area (Å²) in [5, 5.41) is 9.17. The minimum atomic E-state index is -0.912. The molecule has 4 aromatic rings. The number of aromatic carboxylic acids is 1. The highest BCUT2D eigenvalue weighted by atomic mass is 16.4. The van der Waals surface area contributed by atoms with Crippen molar-refractivity contribution < 1.29 is 9.90 Å². The van der Waals surface area contributed by atoms with Crippen LogP contribution in [0.25, 0.3) is 33.4 Å². The average Bonchev–Trinajstić information content (AvgIpc) is 2.75. The maximum absolute atomic E-state index is 11.2. The van der Waals surface area contributed by atoms with Crippen LogP contribution < -0.4 is 0 Å². The number of rotatable bonds is 4. The van der Waals surface area contributed by atoms with E-state index in [4.69, 9.17) is 5.11 Å². The Bertz CT molecular complexity index is 1050. The van der Waals surface area contributed by atoms with Crippen LogP contribution in [0.5, 0.6) is 0 Å². The zero-order chi connectivity index (χ0) is 19.5. The molecule has 0 atom stereocenters. The van der Waals surface area contributed by atoms with E-state index in [1.54, 1.807) is 12.1 Å². The zero-order valence-corrected chi connectivity index (χ0v) is 15.6. The lowest BCUT2D eigenvalue weighted by atomic mass is 9.88. The van der Waals surface area contributed by atoms with E-state index in [1.165, 1.54) is 27.8 Å².